The molecule has 0 aliphatic heterocycles. The third-order valence-electron chi connectivity index (χ3n) is 2.17. The van der Waals surface area contributed by atoms with E-state index in [4.69, 9.17) is 4.74 Å². The van der Waals surface area contributed by atoms with Gasteiger partial charge in [-0.05, 0) is 30.2 Å². The summed E-state index contributed by atoms with van der Waals surface area (Å²) in [6.07, 6.45) is 0. The van der Waals surface area contributed by atoms with Gasteiger partial charge in [-0.1, -0.05) is 13.8 Å². The van der Waals surface area contributed by atoms with E-state index in [1.165, 1.54) is 14.1 Å². The molecule has 0 saturated carbocycles. The predicted molar refractivity (Wildman–Crippen MR) is 73.0 cm³/mol. The highest BCUT2D eigenvalue weighted by Gasteiger charge is 2.12. The summed E-state index contributed by atoms with van der Waals surface area (Å²) in [6, 6.07) is 6.85. The van der Waals surface area contributed by atoms with Crippen LogP contribution in [0.5, 0.6) is 5.75 Å². The topological polar surface area (TPSA) is 58.6 Å². The largest absolute Gasteiger partial charge is 0.493 e. The Hall–Kier alpha value is -1.27. The van der Waals surface area contributed by atoms with Crippen LogP contribution in [-0.2, 0) is 10.2 Å². The molecule has 0 spiro atoms. The van der Waals surface area contributed by atoms with Crippen molar-refractivity contribution in [1.29, 1.82) is 0 Å². The van der Waals surface area contributed by atoms with E-state index in [2.05, 4.69) is 18.6 Å². The van der Waals surface area contributed by atoms with E-state index in [9.17, 15) is 8.42 Å². The summed E-state index contributed by atoms with van der Waals surface area (Å²) in [7, 11) is -0.498. The van der Waals surface area contributed by atoms with Crippen LogP contribution < -0.4 is 9.46 Å². The zero-order valence-electron chi connectivity index (χ0n) is 11.2. The third-order valence-corrected chi connectivity index (χ3v) is 3.62. The van der Waals surface area contributed by atoms with Crippen molar-refractivity contribution in [2.45, 2.75) is 13.8 Å². The number of hydrogen-bond acceptors (Lipinski definition) is 3. The summed E-state index contributed by atoms with van der Waals surface area (Å²) in [6.45, 7) is 4.78. The normalized spacial score (nSPS) is 11.9. The van der Waals surface area contributed by atoms with E-state index in [0.717, 1.165) is 10.1 Å². The molecule has 5 nitrogen and oxygen atoms in total. The van der Waals surface area contributed by atoms with Crippen LogP contribution in [-0.4, -0.2) is 33.4 Å². The molecule has 0 atom stereocenters. The molecule has 1 aromatic carbocycles. The number of rotatable bonds is 6. The van der Waals surface area contributed by atoms with Crippen molar-refractivity contribution in [1.82, 2.24) is 4.31 Å². The van der Waals surface area contributed by atoms with E-state index >= 15 is 0 Å². The third kappa shape index (κ3) is 4.54. The summed E-state index contributed by atoms with van der Waals surface area (Å²) < 4.78 is 32.3. The smallest absolute Gasteiger partial charge is 0.301 e. The molecule has 0 aliphatic rings. The van der Waals surface area contributed by atoms with Gasteiger partial charge in [0.1, 0.15) is 5.75 Å². The second-order valence-corrected chi connectivity index (χ2v) is 6.50. The van der Waals surface area contributed by atoms with Crippen molar-refractivity contribution in [3.63, 3.8) is 0 Å². The number of ether oxygens (including phenoxy) is 1. The molecule has 0 heterocycles. The average molecular weight is 272 g/mol. The number of hydrogen-bond donors (Lipinski definition) is 1. The highest BCUT2D eigenvalue weighted by Crippen LogP contribution is 2.17. The van der Waals surface area contributed by atoms with Gasteiger partial charge < -0.3 is 4.74 Å². The summed E-state index contributed by atoms with van der Waals surface area (Å²) in [4.78, 5) is 0. The fraction of sp³-hybridized carbons (Fsp3) is 0.500. The Morgan fingerprint density at radius 1 is 1.22 bits per heavy atom. The lowest BCUT2D eigenvalue weighted by atomic mass is 10.2. The summed E-state index contributed by atoms with van der Waals surface area (Å²) in [5, 5.41) is 0. The van der Waals surface area contributed by atoms with E-state index in [-0.39, 0.29) is 0 Å². The van der Waals surface area contributed by atoms with Gasteiger partial charge in [-0.25, -0.2) is 0 Å². The predicted octanol–water partition coefficient (Wildman–Crippen LogP) is 1.94. The van der Waals surface area contributed by atoms with Gasteiger partial charge in [0.25, 0.3) is 0 Å². The first kappa shape index (κ1) is 14.8. The Bertz CT molecular complexity index is 467. The average Bonchev–Trinajstić information content (AvgIpc) is 2.27. The maximum atomic E-state index is 11.6. The van der Waals surface area contributed by atoms with Gasteiger partial charge >= 0.3 is 10.2 Å². The summed E-state index contributed by atoms with van der Waals surface area (Å²) in [5.41, 5.74) is 0.514. The van der Waals surface area contributed by atoms with Crippen LogP contribution in [0, 0.1) is 5.92 Å². The van der Waals surface area contributed by atoms with Gasteiger partial charge in [0.15, 0.2) is 0 Å². The van der Waals surface area contributed by atoms with Crippen molar-refractivity contribution < 1.29 is 13.2 Å². The monoisotopic (exact) mass is 272 g/mol. The molecule has 0 aliphatic carbocycles. The molecule has 0 fully saturated rings. The lowest BCUT2D eigenvalue weighted by Gasteiger charge is -2.14. The zero-order chi connectivity index (χ0) is 13.8. The maximum absolute atomic E-state index is 11.6. The van der Waals surface area contributed by atoms with Crippen LogP contribution in [0.15, 0.2) is 24.3 Å². The van der Waals surface area contributed by atoms with Crippen LogP contribution in [0.2, 0.25) is 0 Å². The Morgan fingerprint density at radius 3 is 2.22 bits per heavy atom. The highest BCUT2D eigenvalue weighted by atomic mass is 32.2. The number of nitrogens with zero attached hydrogens (tertiary/aromatic N) is 1. The molecular weight excluding hydrogens is 252 g/mol. The minimum absolute atomic E-state index is 0.455. The molecule has 0 bridgehead atoms. The Kier molecular flexibility index (Phi) is 4.98. The fourth-order valence-corrected chi connectivity index (χ4v) is 1.74. The van der Waals surface area contributed by atoms with Crippen LogP contribution >= 0.6 is 0 Å². The van der Waals surface area contributed by atoms with Gasteiger partial charge in [0.05, 0.1) is 12.3 Å². The summed E-state index contributed by atoms with van der Waals surface area (Å²) >= 11 is 0. The van der Waals surface area contributed by atoms with Crippen LogP contribution in [0.25, 0.3) is 0 Å². The van der Waals surface area contributed by atoms with E-state index in [0.29, 0.717) is 18.2 Å². The van der Waals surface area contributed by atoms with Gasteiger partial charge in [0.2, 0.25) is 0 Å². The van der Waals surface area contributed by atoms with E-state index in [1.54, 1.807) is 24.3 Å². The van der Waals surface area contributed by atoms with Crippen molar-refractivity contribution in [2.75, 3.05) is 25.4 Å². The number of anilines is 1. The van der Waals surface area contributed by atoms with Crippen molar-refractivity contribution >= 4 is 15.9 Å². The minimum Gasteiger partial charge on any atom is -0.493 e. The van der Waals surface area contributed by atoms with Crippen molar-refractivity contribution in [3.05, 3.63) is 24.3 Å². The number of nitrogens with one attached hydrogen (secondary N) is 1. The molecule has 1 N–H and O–H groups in total. The molecule has 18 heavy (non-hydrogen) atoms. The van der Waals surface area contributed by atoms with E-state index < -0.39 is 10.2 Å². The molecule has 6 heteroatoms. The van der Waals surface area contributed by atoms with Gasteiger partial charge in [0, 0.05) is 14.1 Å². The molecule has 1 aromatic rings. The molecule has 0 amide bonds. The van der Waals surface area contributed by atoms with Crippen molar-refractivity contribution in [3.8, 4) is 5.75 Å². The standard InChI is InChI=1S/C12H20N2O3S/c1-10(2)9-17-12-7-5-11(6-8-12)13-18(15,16)14(3)4/h5-8,10,13H,9H2,1-4H3. The molecule has 102 valence electrons. The maximum Gasteiger partial charge on any atom is 0.301 e. The molecule has 0 radical (unpaired) electrons. The highest BCUT2D eigenvalue weighted by molar-refractivity contribution is 7.90. The van der Waals surface area contributed by atoms with E-state index in [1.807, 2.05) is 0 Å². The zero-order valence-corrected chi connectivity index (χ0v) is 12.0. The van der Waals surface area contributed by atoms with Gasteiger partial charge in [-0.2, -0.15) is 12.7 Å². The van der Waals surface area contributed by atoms with Crippen LogP contribution in [0.1, 0.15) is 13.8 Å². The molecule has 0 aromatic heterocycles. The van der Waals surface area contributed by atoms with Gasteiger partial charge in [-0.15, -0.1) is 0 Å². The van der Waals surface area contributed by atoms with Crippen molar-refractivity contribution in [2.24, 2.45) is 5.92 Å². The van der Waals surface area contributed by atoms with Gasteiger partial charge in [-0.3, -0.25) is 4.72 Å². The Morgan fingerprint density at radius 2 is 1.78 bits per heavy atom. The first-order chi connectivity index (χ1) is 8.31. The number of benzene rings is 1. The van der Waals surface area contributed by atoms with Crippen LogP contribution in [0.3, 0.4) is 0 Å². The molecule has 0 unspecified atom stereocenters. The quantitative estimate of drug-likeness (QED) is 0.861. The Balaban J connectivity index is 2.66. The first-order valence-corrected chi connectivity index (χ1v) is 7.18. The molecular formula is C12H20N2O3S. The minimum atomic E-state index is -3.45. The van der Waals surface area contributed by atoms with Crippen LogP contribution in [0.4, 0.5) is 5.69 Å². The lowest BCUT2D eigenvalue weighted by Crippen LogP contribution is -2.28. The lowest BCUT2D eigenvalue weighted by molar-refractivity contribution is 0.271. The second kappa shape index (κ2) is 6.06. The molecule has 1 rings (SSSR count). The summed E-state index contributed by atoms with van der Waals surface area (Å²) in [5.74, 6) is 1.19. The Labute approximate surface area is 109 Å². The second-order valence-electron chi connectivity index (χ2n) is 4.62. The SMILES string of the molecule is CC(C)COc1ccc(NS(=O)(=O)N(C)C)cc1. The fourth-order valence-electron chi connectivity index (χ4n) is 1.12. The first-order valence-electron chi connectivity index (χ1n) is 5.74. The molecule has 0 saturated heterocycles.